The molecule has 0 saturated heterocycles. The van der Waals surface area contributed by atoms with Crippen molar-refractivity contribution in [3.05, 3.63) is 23.5 Å². The van der Waals surface area contributed by atoms with E-state index in [1.807, 2.05) is 7.05 Å². The van der Waals surface area contributed by atoms with Crippen LogP contribution in [0.3, 0.4) is 0 Å². The molecule has 1 aromatic heterocycles. The number of likely N-dealkylation sites (N-methyl/N-ethyl adjacent to an activating group) is 1. The summed E-state index contributed by atoms with van der Waals surface area (Å²) in [5, 5.41) is 3.31. The van der Waals surface area contributed by atoms with E-state index in [1.165, 1.54) is 24.0 Å². The maximum atomic E-state index is 3.31. The molecule has 2 heteroatoms. The van der Waals surface area contributed by atoms with Crippen LogP contribution in [0.15, 0.2) is 12.4 Å². The van der Waals surface area contributed by atoms with Crippen molar-refractivity contribution in [1.29, 1.82) is 0 Å². The SMILES string of the molecule is CNCC1c2c[nH]cc2CCC1(C)C. The van der Waals surface area contributed by atoms with E-state index in [9.17, 15) is 0 Å². The number of rotatable bonds is 2. The fourth-order valence-electron chi connectivity index (χ4n) is 2.59. The Morgan fingerprint density at radius 1 is 1.50 bits per heavy atom. The van der Waals surface area contributed by atoms with Crippen LogP contribution in [0.1, 0.15) is 37.3 Å². The number of fused-ring (bicyclic) bond motifs is 1. The van der Waals surface area contributed by atoms with Crippen LogP contribution >= 0.6 is 0 Å². The summed E-state index contributed by atoms with van der Waals surface area (Å²) >= 11 is 0. The van der Waals surface area contributed by atoms with Crippen molar-refractivity contribution in [3.63, 3.8) is 0 Å². The van der Waals surface area contributed by atoms with Crippen LogP contribution in [-0.4, -0.2) is 18.6 Å². The van der Waals surface area contributed by atoms with Gasteiger partial charge in [-0.2, -0.15) is 0 Å². The molecule has 0 fully saturated rings. The molecule has 78 valence electrons. The van der Waals surface area contributed by atoms with Gasteiger partial charge < -0.3 is 10.3 Å². The quantitative estimate of drug-likeness (QED) is 0.739. The van der Waals surface area contributed by atoms with Crippen LogP contribution in [0.4, 0.5) is 0 Å². The zero-order valence-corrected chi connectivity index (χ0v) is 9.35. The Bertz CT molecular complexity index is 312. The molecule has 2 nitrogen and oxygen atoms in total. The first kappa shape index (κ1) is 9.78. The van der Waals surface area contributed by atoms with Gasteiger partial charge in [-0.25, -0.2) is 0 Å². The van der Waals surface area contributed by atoms with Gasteiger partial charge in [-0.1, -0.05) is 13.8 Å². The zero-order valence-electron chi connectivity index (χ0n) is 9.35. The van der Waals surface area contributed by atoms with Crippen LogP contribution in [0.2, 0.25) is 0 Å². The van der Waals surface area contributed by atoms with Crippen molar-refractivity contribution < 1.29 is 0 Å². The van der Waals surface area contributed by atoms with E-state index in [-0.39, 0.29) is 0 Å². The number of hydrogen-bond donors (Lipinski definition) is 2. The lowest BCUT2D eigenvalue weighted by atomic mass is 9.67. The van der Waals surface area contributed by atoms with Crippen molar-refractivity contribution in [2.75, 3.05) is 13.6 Å². The minimum atomic E-state index is 0.429. The topological polar surface area (TPSA) is 27.8 Å². The van der Waals surface area contributed by atoms with E-state index in [1.54, 1.807) is 0 Å². The number of aromatic amines is 1. The summed E-state index contributed by atoms with van der Waals surface area (Å²) in [4.78, 5) is 3.24. The standard InChI is InChI=1S/C12H20N2/c1-12(2)5-4-9-6-14-7-10(9)11(12)8-13-3/h6-7,11,13-14H,4-5,8H2,1-3H3. The summed E-state index contributed by atoms with van der Waals surface area (Å²) in [6, 6.07) is 0. The first-order valence-electron chi connectivity index (χ1n) is 5.45. The van der Waals surface area contributed by atoms with Gasteiger partial charge in [-0.3, -0.25) is 0 Å². The molecule has 2 N–H and O–H groups in total. The van der Waals surface area contributed by atoms with Crippen molar-refractivity contribution in [1.82, 2.24) is 10.3 Å². The van der Waals surface area contributed by atoms with E-state index in [2.05, 4.69) is 36.5 Å². The molecule has 0 spiro atoms. The normalized spacial score (nSPS) is 24.6. The third-order valence-corrected chi connectivity index (χ3v) is 3.63. The number of aromatic nitrogens is 1. The third kappa shape index (κ3) is 1.48. The molecular formula is C12H20N2. The molecule has 0 aromatic carbocycles. The summed E-state index contributed by atoms with van der Waals surface area (Å²) in [6.45, 7) is 5.84. The van der Waals surface area contributed by atoms with Gasteiger partial charge in [-0.15, -0.1) is 0 Å². The van der Waals surface area contributed by atoms with Crippen LogP contribution in [0.5, 0.6) is 0 Å². The highest BCUT2D eigenvalue weighted by atomic mass is 14.8. The van der Waals surface area contributed by atoms with Gasteiger partial charge in [0, 0.05) is 24.9 Å². The Balaban J connectivity index is 2.33. The molecule has 2 rings (SSSR count). The average molecular weight is 192 g/mol. The fourth-order valence-corrected chi connectivity index (χ4v) is 2.59. The molecule has 0 bridgehead atoms. The first-order chi connectivity index (χ1) is 6.65. The molecule has 0 amide bonds. The monoisotopic (exact) mass is 192 g/mol. The Morgan fingerprint density at radius 3 is 3.00 bits per heavy atom. The second-order valence-corrected chi connectivity index (χ2v) is 5.03. The zero-order chi connectivity index (χ0) is 10.2. The van der Waals surface area contributed by atoms with E-state index in [4.69, 9.17) is 0 Å². The van der Waals surface area contributed by atoms with Gasteiger partial charge in [0.2, 0.25) is 0 Å². The van der Waals surface area contributed by atoms with E-state index in [0.29, 0.717) is 11.3 Å². The second kappa shape index (κ2) is 3.43. The predicted molar refractivity (Wildman–Crippen MR) is 59.6 cm³/mol. The lowest BCUT2D eigenvalue weighted by Gasteiger charge is -2.38. The second-order valence-electron chi connectivity index (χ2n) is 5.03. The van der Waals surface area contributed by atoms with E-state index < -0.39 is 0 Å². The number of H-pyrrole nitrogens is 1. The molecule has 0 saturated carbocycles. The van der Waals surface area contributed by atoms with Gasteiger partial charge in [0.05, 0.1) is 0 Å². The van der Waals surface area contributed by atoms with Crippen molar-refractivity contribution >= 4 is 0 Å². The number of aryl methyl sites for hydroxylation is 1. The van der Waals surface area contributed by atoms with Crippen molar-refractivity contribution in [2.45, 2.75) is 32.6 Å². The Hall–Kier alpha value is -0.760. The Kier molecular flexibility index (Phi) is 2.40. The lowest BCUT2D eigenvalue weighted by Crippen LogP contribution is -2.33. The molecule has 1 heterocycles. The van der Waals surface area contributed by atoms with Crippen LogP contribution < -0.4 is 5.32 Å². The number of nitrogens with one attached hydrogen (secondary N) is 2. The average Bonchev–Trinajstić information content (AvgIpc) is 2.58. The molecule has 1 aliphatic rings. The fraction of sp³-hybridized carbons (Fsp3) is 0.667. The third-order valence-electron chi connectivity index (χ3n) is 3.63. The van der Waals surface area contributed by atoms with Gasteiger partial charge >= 0.3 is 0 Å². The molecule has 0 radical (unpaired) electrons. The van der Waals surface area contributed by atoms with E-state index in [0.717, 1.165) is 6.54 Å². The molecular weight excluding hydrogens is 172 g/mol. The highest BCUT2D eigenvalue weighted by molar-refractivity contribution is 5.32. The molecule has 1 aromatic rings. The predicted octanol–water partition coefficient (Wildman–Crippen LogP) is 2.29. The summed E-state index contributed by atoms with van der Waals surface area (Å²) in [5.74, 6) is 0.655. The lowest BCUT2D eigenvalue weighted by molar-refractivity contribution is 0.242. The number of hydrogen-bond acceptors (Lipinski definition) is 1. The summed E-state index contributed by atoms with van der Waals surface area (Å²) in [7, 11) is 2.04. The maximum absolute atomic E-state index is 3.31. The molecule has 1 aliphatic carbocycles. The highest BCUT2D eigenvalue weighted by Gasteiger charge is 2.35. The Morgan fingerprint density at radius 2 is 2.29 bits per heavy atom. The summed E-state index contributed by atoms with van der Waals surface area (Å²) < 4.78 is 0. The minimum Gasteiger partial charge on any atom is -0.367 e. The maximum Gasteiger partial charge on any atom is 0.00437 e. The smallest absolute Gasteiger partial charge is 0.00437 e. The first-order valence-corrected chi connectivity index (χ1v) is 5.45. The summed E-state index contributed by atoms with van der Waals surface area (Å²) in [6.07, 6.45) is 6.86. The van der Waals surface area contributed by atoms with E-state index >= 15 is 0 Å². The highest BCUT2D eigenvalue weighted by Crippen LogP contribution is 2.44. The minimum absolute atomic E-state index is 0.429. The van der Waals surface area contributed by atoms with Crippen molar-refractivity contribution in [2.24, 2.45) is 5.41 Å². The van der Waals surface area contributed by atoms with Gasteiger partial charge in [0.25, 0.3) is 0 Å². The van der Waals surface area contributed by atoms with Gasteiger partial charge in [0.1, 0.15) is 0 Å². The molecule has 1 unspecified atom stereocenters. The molecule has 0 aliphatic heterocycles. The van der Waals surface area contributed by atoms with Crippen LogP contribution in [0.25, 0.3) is 0 Å². The largest absolute Gasteiger partial charge is 0.367 e. The van der Waals surface area contributed by atoms with Gasteiger partial charge in [0.15, 0.2) is 0 Å². The Labute approximate surface area is 86.1 Å². The van der Waals surface area contributed by atoms with Gasteiger partial charge in [-0.05, 0) is 36.4 Å². The van der Waals surface area contributed by atoms with Crippen molar-refractivity contribution in [3.8, 4) is 0 Å². The molecule has 1 atom stereocenters. The summed E-state index contributed by atoms with van der Waals surface area (Å²) in [5.41, 5.74) is 3.47. The molecule has 14 heavy (non-hydrogen) atoms. The van der Waals surface area contributed by atoms with Crippen LogP contribution in [0, 0.1) is 5.41 Å². The van der Waals surface area contributed by atoms with Crippen LogP contribution in [-0.2, 0) is 6.42 Å².